The zero-order valence-electron chi connectivity index (χ0n) is 10.0. The SMILES string of the molecule is O=C(CCl)Nc1ccc(CN2C(=O)CSC2S)cc1. The van der Waals surface area contributed by atoms with E-state index < -0.39 is 0 Å². The Kier molecular flexibility index (Phi) is 5.01. The number of amides is 2. The van der Waals surface area contributed by atoms with Crippen molar-refractivity contribution in [2.24, 2.45) is 0 Å². The number of halogens is 1. The van der Waals surface area contributed by atoms with Gasteiger partial charge in [0.05, 0.1) is 5.75 Å². The van der Waals surface area contributed by atoms with Gasteiger partial charge in [-0.15, -0.1) is 36.0 Å². The number of benzene rings is 1. The van der Waals surface area contributed by atoms with E-state index in [2.05, 4.69) is 17.9 Å². The Labute approximate surface area is 126 Å². The van der Waals surface area contributed by atoms with E-state index in [9.17, 15) is 9.59 Å². The largest absolute Gasteiger partial charge is 0.325 e. The molecule has 1 unspecified atom stereocenters. The lowest BCUT2D eigenvalue weighted by atomic mass is 10.2. The molecule has 2 amide bonds. The highest BCUT2D eigenvalue weighted by atomic mass is 35.5. The van der Waals surface area contributed by atoms with Crippen LogP contribution in [0.3, 0.4) is 0 Å². The van der Waals surface area contributed by atoms with E-state index in [-0.39, 0.29) is 22.4 Å². The van der Waals surface area contributed by atoms with E-state index in [4.69, 9.17) is 11.6 Å². The molecule has 0 spiro atoms. The Bertz CT molecular complexity index is 481. The van der Waals surface area contributed by atoms with Crippen LogP contribution >= 0.6 is 36.0 Å². The molecule has 1 saturated heterocycles. The molecular weight excluding hydrogens is 304 g/mol. The molecule has 4 nitrogen and oxygen atoms in total. The molecular formula is C12H13ClN2O2S2. The Morgan fingerprint density at radius 1 is 1.47 bits per heavy atom. The maximum Gasteiger partial charge on any atom is 0.239 e. The van der Waals surface area contributed by atoms with E-state index in [1.807, 2.05) is 12.1 Å². The van der Waals surface area contributed by atoms with Crippen molar-refractivity contribution in [1.29, 1.82) is 0 Å². The summed E-state index contributed by atoms with van der Waals surface area (Å²) < 4.78 is -0.0804. The molecule has 1 aromatic carbocycles. The third-order valence-electron chi connectivity index (χ3n) is 2.65. The lowest BCUT2D eigenvalue weighted by Gasteiger charge is -2.20. The van der Waals surface area contributed by atoms with Crippen molar-refractivity contribution in [1.82, 2.24) is 4.90 Å². The van der Waals surface area contributed by atoms with Gasteiger partial charge in [0.15, 0.2) is 0 Å². The molecule has 1 aromatic rings. The summed E-state index contributed by atoms with van der Waals surface area (Å²) in [7, 11) is 0. The van der Waals surface area contributed by atoms with Gasteiger partial charge in [-0.25, -0.2) is 0 Å². The number of anilines is 1. The first-order valence-electron chi connectivity index (χ1n) is 5.64. The molecule has 0 saturated carbocycles. The zero-order valence-corrected chi connectivity index (χ0v) is 12.5. The van der Waals surface area contributed by atoms with Gasteiger partial charge in [-0.1, -0.05) is 12.1 Å². The third kappa shape index (κ3) is 3.81. The van der Waals surface area contributed by atoms with E-state index in [0.717, 1.165) is 5.56 Å². The number of hydrogen-bond acceptors (Lipinski definition) is 4. The molecule has 1 atom stereocenters. The van der Waals surface area contributed by atoms with Gasteiger partial charge in [-0.2, -0.15) is 0 Å². The number of rotatable bonds is 4. The van der Waals surface area contributed by atoms with Crippen LogP contribution in [-0.2, 0) is 16.1 Å². The smallest absolute Gasteiger partial charge is 0.239 e. The third-order valence-corrected chi connectivity index (χ3v) is 4.59. The van der Waals surface area contributed by atoms with Gasteiger partial charge in [0.2, 0.25) is 11.8 Å². The fraction of sp³-hybridized carbons (Fsp3) is 0.333. The lowest BCUT2D eigenvalue weighted by Crippen LogP contribution is -2.29. The van der Waals surface area contributed by atoms with Crippen LogP contribution < -0.4 is 5.32 Å². The topological polar surface area (TPSA) is 49.4 Å². The zero-order chi connectivity index (χ0) is 13.8. The number of nitrogens with one attached hydrogen (secondary N) is 1. The highest BCUT2D eigenvalue weighted by Crippen LogP contribution is 2.29. The van der Waals surface area contributed by atoms with E-state index >= 15 is 0 Å². The Balaban J connectivity index is 1.98. The summed E-state index contributed by atoms with van der Waals surface area (Å²) in [6.45, 7) is 0.531. The van der Waals surface area contributed by atoms with Crippen molar-refractivity contribution >= 4 is 53.5 Å². The monoisotopic (exact) mass is 316 g/mol. The van der Waals surface area contributed by atoms with Gasteiger partial charge < -0.3 is 10.2 Å². The number of hydrogen-bond donors (Lipinski definition) is 2. The van der Waals surface area contributed by atoms with E-state index in [1.54, 1.807) is 17.0 Å². The first kappa shape index (κ1) is 14.6. The van der Waals surface area contributed by atoms with Crippen LogP contribution in [0.1, 0.15) is 5.56 Å². The average molecular weight is 317 g/mol. The number of nitrogens with zero attached hydrogens (tertiary/aromatic N) is 1. The van der Waals surface area contributed by atoms with E-state index in [1.165, 1.54) is 11.8 Å². The van der Waals surface area contributed by atoms with Crippen LogP contribution in [0, 0.1) is 0 Å². The van der Waals surface area contributed by atoms with Gasteiger partial charge in [0.25, 0.3) is 0 Å². The van der Waals surface area contributed by atoms with Crippen LogP contribution in [0.25, 0.3) is 0 Å². The number of thioether (sulfide) groups is 1. The second-order valence-electron chi connectivity index (χ2n) is 4.04. The summed E-state index contributed by atoms with van der Waals surface area (Å²) in [5.41, 5.74) is 1.69. The molecule has 0 aromatic heterocycles. The maximum absolute atomic E-state index is 11.6. The highest BCUT2D eigenvalue weighted by Gasteiger charge is 2.28. The molecule has 102 valence electrons. The number of carbonyl (C=O) groups is 2. The minimum atomic E-state index is -0.240. The number of alkyl halides is 1. The normalized spacial score (nSPS) is 18.7. The number of carbonyl (C=O) groups excluding carboxylic acids is 2. The van der Waals surface area contributed by atoms with Crippen molar-refractivity contribution < 1.29 is 9.59 Å². The molecule has 0 aliphatic carbocycles. The predicted molar refractivity (Wildman–Crippen MR) is 81.6 cm³/mol. The molecule has 1 heterocycles. The second kappa shape index (κ2) is 6.54. The van der Waals surface area contributed by atoms with Crippen LogP contribution in [-0.4, -0.2) is 33.1 Å². The Morgan fingerprint density at radius 3 is 2.68 bits per heavy atom. The molecule has 2 rings (SSSR count). The molecule has 1 fully saturated rings. The molecule has 1 N–H and O–H groups in total. The van der Waals surface area contributed by atoms with Gasteiger partial charge in [0.1, 0.15) is 10.6 Å². The van der Waals surface area contributed by atoms with Gasteiger partial charge >= 0.3 is 0 Å². The fourth-order valence-corrected chi connectivity index (χ4v) is 3.02. The summed E-state index contributed by atoms with van der Waals surface area (Å²) in [5.74, 6) is 0.279. The summed E-state index contributed by atoms with van der Waals surface area (Å²) in [6.07, 6.45) is 0. The first-order chi connectivity index (χ1) is 9.10. The average Bonchev–Trinajstić information content (AvgIpc) is 2.72. The second-order valence-corrected chi connectivity index (χ2v) is 6.21. The molecule has 1 aliphatic rings. The molecule has 0 radical (unpaired) electrons. The van der Waals surface area contributed by atoms with Crippen molar-refractivity contribution in [3.63, 3.8) is 0 Å². The Morgan fingerprint density at radius 2 is 2.16 bits per heavy atom. The van der Waals surface area contributed by atoms with E-state index in [0.29, 0.717) is 18.0 Å². The summed E-state index contributed by atoms with van der Waals surface area (Å²) >= 11 is 11.3. The lowest BCUT2D eigenvalue weighted by molar-refractivity contribution is -0.127. The summed E-state index contributed by atoms with van der Waals surface area (Å²) in [6, 6.07) is 7.34. The van der Waals surface area contributed by atoms with Crippen LogP contribution in [0.15, 0.2) is 24.3 Å². The molecule has 0 bridgehead atoms. The van der Waals surface area contributed by atoms with Crippen LogP contribution in [0.4, 0.5) is 5.69 Å². The molecule has 19 heavy (non-hydrogen) atoms. The molecule has 1 aliphatic heterocycles. The van der Waals surface area contributed by atoms with Gasteiger partial charge in [-0.3, -0.25) is 9.59 Å². The van der Waals surface area contributed by atoms with Crippen molar-refractivity contribution in [2.45, 2.75) is 11.3 Å². The Hall–Kier alpha value is -0.850. The highest BCUT2D eigenvalue weighted by molar-refractivity contribution is 8.11. The summed E-state index contributed by atoms with van der Waals surface area (Å²) in [5, 5.41) is 2.66. The minimum Gasteiger partial charge on any atom is -0.325 e. The van der Waals surface area contributed by atoms with Crippen molar-refractivity contribution in [3.8, 4) is 0 Å². The first-order valence-corrected chi connectivity index (χ1v) is 7.74. The fourth-order valence-electron chi connectivity index (χ4n) is 1.69. The minimum absolute atomic E-state index is 0.0669. The molecule has 7 heteroatoms. The van der Waals surface area contributed by atoms with Crippen LogP contribution in [0.2, 0.25) is 0 Å². The quantitative estimate of drug-likeness (QED) is 0.661. The van der Waals surface area contributed by atoms with Crippen LogP contribution in [0.5, 0.6) is 0 Å². The van der Waals surface area contributed by atoms with Gasteiger partial charge in [0, 0.05) is 12.2 Å². The standard InChI is InChI=1S/C12H13ClN2O2S2/c13-5-10(16)14-9-3-1-8(2-4-9)6-15-11(17)7-19-12(15)18/h1-4,12,18H,5-7H2,(H,14,16). The summed E-state index contributed by atoms with van der Waals surface area (Å²) in [4.78, 5) is 24.5. The predicted octanol–water partition coefficient (Wildman–Crippen LogP) is 2.15. The maximum atomic E-state index is 11.6. The van der Waals surface area contributed by atoms with Crippen molar-refractivity contribution in [3.05, 3.63) is 29.8 Å². The van der Waals surface area contributed by atoms with Gasteiger partial charge in [-0.05, 0) is 17.7 Å². The van der Waals surface area contributed by atoms with Crippen molar-refractivity contribution in [2.75, 3.05) is 16.9 Å². The number of thiol groups is 1.